The molecule has 0 aliphatic heterocycles. The number of hydrogen-bond donors (Lipinski definition) is 0. The summed E-state index contributed by atoms with van der Waals surface area (Å²) in [6.07, 6.45) is 1.66. The Hall–Kier alpha value is -1.92. The van der Waals surface area contributed by atoms with E-state index < -0.39 is 0 Å². The molecule has 0 bridgehead atoms. The van der Waals surface area contributed by atoms with E-state index in [1.54, 1.807) is 28.9 Å². The minimum atomic E-state index is 0.736. The first-order valence-electron chi connectivity index (χ1n) is 6.64. The van der Waals surface area contributed by atoms with Crippen molar-refractivity contribution in [1.82, 2.24) is 4.68 Å². The molecule has 0 spiro atoms. The van der Waals surface area contributed by atoms with Crippen LogP contribution in [0.5, 0.6) is 0 Å². The van der Waals surface area contributed by atoms with Crippen LogP contribution in [0.4, 0.5) is 0 Å². The van der Waals surface area contributed by atoms with Gasteiger partial charge in [0.2, 0.25) is 4.80 Å². The van der Waals surface area contributed by atoms with Crippen LogP contribution in [0.15, 0.2) is 55.8 Å². The lowest BCUT2D eigenvalue weighted by Crippen LogP contribution is -2.14. The Morgan fingerprint density at radius 1 is 1.29 bits per heavy atom. The minimum Gasteiger partial charge on any atom is -0.463 e. The molecule has 0 amide bonds. The zero-order chi connectivity index (χ0) is 14.7. The maximum atomic E-state index is 5.41. The van der Waals surface area contributed by atoms with Gasteiger partial charge in [-0.2, -0.15) is 5.10 Å². The van der Waals surface area contributed by atoms with Crippen molar-refractivity contribution in [3.63, 3.8) is 0 Å². The van der Waals surface area contributed by atoms with Crippen LogP contribution < -0.4 is 4.80 Å². The first kappa shape index (κ1) is 14.0. The van der Waals surface area contributed by atoms with Crippen molar-refractivity contribution in [3.05, 3.63) is 51.9 Å². The summed E-state index contributed by atoms with van der Waals surface area (Å²) in [4.78, 5) is 6.60. The predicted molar refractivity (Wildman–Crippen MR) is 88.0 cm³/mol. The monoisotopic (exact) mass is 317 g/mol. The summed E-state index contributed by atoms with van der Waals surface area (Å²) in [7, 11) is 0. The highest BCUT2D eigenvalue weighted by atomic mass is 32.1. The van der Waals surface area contributed by atoms with Crippen molar-refractivity contribution >= 4 is 28.4 Å². The van der Waals surface area contributed by atoms with E-state index in [1.165, 1.54) is 4.88 Å². The molecule has 3 heterocycles. The van der Waals surface area contributed by atoms with Gasteiger partial charge in [-0.3, -0.25) is 4.99 Å². The highest BCUT2D eigenvalue weighted by Crippen LogP contribution is 2.25. The van der Waals surface area contributed by atoms with E-state index in [4.69, 9.17) is 9.52 Å². The van der Waals surface area contributed by atoms with Gasteiger partial charge in [-0.05, 0) is 37.4 Å². The molecule has 3 aromatic heterocycles. The summed E-state index contributed by atoms with van der Waals surface area (Å²) in [5.41, 5.74) is 1.89. The van der Waals surface area contributed by atoms with E-state index in [9.17, 15) is 0 Å². The summed E-state index contributed by atoms with van der Waals surface area (Å²) >= 11 is 3.30. The molecule has 3 aromatic rings. The quantitative estimate of drug-likeness (QED) is 0.669. The highest BCUT2D eigenvalue weighted by Gasteiger charge is 2.10. The molecule has 4 nitrogen and oxygen atoms in total. The molecule has 0 saturated heterocycles. The lowest BCUT2D eigenvalue weighted by molar-refractivity contribution is 0.556. The maximum absolute atomic E-state index is 5.41. The molecule has 0 saturated carbocycles. The number of aromatic nitrogens is 1. The SMILES string of the molecule is CCN=c1scc(-c2cccs2)n1N=C(C)c1ccco1. The molecule has 108 valence electrons. The molecule has 21 heavy (non-hydrogen) atoms. The summed E-state index contributed by atoms with van der Waals surface area (Å²) in [6, 6.07) is 7.91. The van der Waals surface area contributed by atoms with Gasteiger partial charge in [0.05, 0.1) is 16.8 Å². The minimum absolute atomic E-state index is 0.736. The van der Waals surface area contributed by atoms with Crippen LogP contribution in [-0.4, -0.2) is 16.9 Å². The zero-order valence-corrected chi connectivity index (χ0v) is 13.4. The van der Waals surface area contributed by atoms with Gasteiger partial charge in [0.15, 0.2) is 0 Å². The smallest absolute Gasteiger partial charge is 0.206 e. The summed E-state index contributed by atoms with van der Waals surface area (Å²) < 4.78 is 7.31. The number of furan rings is 1. The first-order valence-corrected chi connectivity index (χ1v) is 8.40. The molecule has 0 fully saturated rings. The summed E-state index contributed by atoms with van der Waals surface area (Å²) in [5.74, 6) is 0.772. The second kappa shape index (κ2) is 6.24. The Morgan fingerprint density at radius 3 is 2.86 bits per heavy atom. The van der Waals surface area contributed by atoms with Crippen molar-refractivity contribution in [3.8, 4) is 10.6 Å². The second-order valence-electron chi connectivity index (χ2n) is 4.33. The molecule has 0 atom stereocenters. The fraction of sp³-hybridized carbons (Fsp3) is 0.200. The molecule has 6 heteroatoms. The average Bonchev–Trinajstić information content (AvgIpc) is 3.21. The van der Waals surface area contributed by atoms with Gasteiger partial charge in [0, 0.05) is 11.9 Å². The summed E-state index contributed by atoms with van der Waals surface area (Å²) in [6.45, 7) is 4.70. The van der Waals surface area contributed by atoms with Crippen LogP contribution in [0.25, 0.3) is 10.6 Å². The Kier molecular flexibility index (Phi) is 4.17. The molecular formula is C15H15N3OS2. The van der Waals surface area contributed by atoms with E-state index in [-0.39, 0.29) is 0 Å². The number of rotatable bonds is 4. The molecule has 3 rings (SSSR count). The molecule has 0 unspecified atom stereocenters. The van der Waals surface area contributed by atoms with Crippen LogP contribution in [-0.2, 0) is 0 Å². The van der Waals surface area contributed by atoms with Gasteiger partial charge in [-0.25, -0.2) is 4.68 Å². The van der Waals surface area contributed by atoms with Crippen LogP contribution in [0.1, 0.15) is 19.6 Å². The van der Waals surface area contributed by atoms with Crippen LogP contribution >= 0.6 is 22.7 Å². The second-order valence-corrected chi connectivity index (χ2v) is 6.11. The van der Waals surface area contributed by atoms with Gasteiger partial charge in [-0.1, -0.05) is 6.07 Å². The van der Waals surface area contributed by atoms with Crippen molar-refractivity contribution in [1.29, 1.82) is 0 Å². The maximum Gasteiger partial charge on any atom is 0.206 e. The summed E-state index contributed by atoms with van der Waals surface area (Å²) in [5, 5.41) is 8.86. The molecular weight excluding hydrogens is 302 g/mol. The highest BCUT2D eigenvalue weighted by molar-refractivity contribution is 7.14. The van der Waals surface area contributed by atoms with Gasteiger partial charge >= 0.3 is 0 Å². The van der Waals surface area contributed by atoms with E-state index in [0.29, 0.717) is 0 Å². The zero-order valence-electron chi connectivity index (χ0n) is 11.8. The normalized spacial score (nSPS) is 13.0. The number of nitrogens with zero attached hydrogens (tertiary/aromatic N) is 3. The molecule has 0 radical (unpaired) electrons. The molecule has 0 aromatic carbocycles. The van der Waals surface area contributed by atoms with Crippen molar-refractivity contribution in [2.45, 2.75) is 13.8 Å². The third-order valence-electron chi connectivity index (χ3n) is 2.88. The Morgan fingerprint density at radius 2 is 2.19 bits per heavy atom. The van der Waals surface area contributed by atoms with Gasteiger partial charge in [0.25, 0.3) is 0 Å². The molecule has 0 aliphatic rings. The standard InChI is InChI=1S/C15H15N3OS2/c1-3-16-15-18(17-11(2)13-6-4-8-19-13)12(10-21-15)14-7-5-9-20-14/h4-10H,3H2,1-2H3. The lowest BCUT2D eigenvalue weighted by Gasteiger charge is -2.02. The van der Waals surface area contributed by atoms with Crippen molar-refractivity contribution < 1.29 is 4.42 Å². The number of thiazole rings is 1. The van der Waals surface area contributed by atoms with Crippen LogP contribution in [0.3, 0.4) is 0 Å². The average molecular weight is 317 g/mol. The fourth-order valence-electron chi connectivity index (χ4n) is 1.92. The molecule has 0 aliphatic carbocycles. The first-order chi connectivity index (χ1) is 10.3. The Labute approximate surface area is 130 Å². The van der Waals surface area contributed by atoms with E-state index in [1.807, 2.05) is 36.7 Å². The molecule has 0 N–H and O–H groups in total. The van der Waals surface area contributed by atoms with E-state index >= 15 is 0 Å². The van der Waals surface area contributed by atoms with Gasteiger partial charge in [-0.15, -0.1) is 22.7 Å². The van der Waals surface area contributed by atoms with Crippen molar-refractivity contribution in [2.75, 3.05) is 6.54 Å². The van der Waals surface area contributed by atoms with Gasteiger partial charge in [0.1, 0.15) is 11.5 Å². The number of hydrogen-bond acceptors (Lipinski definition) is 5. The van der Waals surface area contributed by atoms with Crippen LogP contribution in [0.2, 0.25) is 0 Å². The predicted octanol–water partition coefficient (Wildman–Crippen LogP) is 4.06. The fourth-order valence-corrected chi connectivity index (χ4v) is 3.61. The van der Waals surface area contributed by atoms with E-state index in [2.05, 4.69) is 21.8 Å². The third kappa shape index (κ3) is 2.91. The third-order valence-corrected chi connectivity index (χ3v) is 4.63. The topological polar surface area (TPSA) is 42.8 Å². The Bertz CT molecular complexity index is 792. The van der Waals surface area contributed by atoms with Gasteiger partial charge < -0.3 is 4.42 Å². The van der Waals surface area contributed by atoms with E-state index in [0.717, 1.165) is 28.5 Å². The Balaban J connectivity index is 2.14. The van der Waals surface area contributed by atoms with Crippen LogP contribution in [0, 0.1) is 0 Å². The number of thiophene rings is 1. The lowest BCUT2D eigenvalue weighted by atomic mass is 10.3. The van der Waals surface area contributed by atoms with Crippen molar-refractivity contribution in [2.24, 2.45) is 10.1 Å². The largest absolute Gasteiger partial charge is 0.463 e.